The van der Waals surface area contributed by atoms with E-state index in [1.54, 1.807) is 51.1 Å². The summed E-state index contributed by atoms with van der Waals surface area (Å²) in [5.74, 6) is -2.53. The van der Waals surface area contributed by atoms with Gasteiger partial charge in [-0.1, -0.05) is 65.0 Å². The summed E-state index contributed by atoms with van der Waals surface area (Å²) in [6, 6.07) is 8.49. The van der Waals surface area contributed by atoms with Gasteiger partial charge in [0, 0.05) is 17.3 Å². The second-order valence-electron chi connectivity index (χ2n) is 14.6. The average Bonchev–Trinajstić information content (AvgIpc) is 3.12. The molecule has 3 aliphatic carbocycles. The minimum atomic E-state index is -2.40. The van der Waals surface area contributed by atoms with Crippen molar-refractivity contribution in [2.24, 2.45) is 22.7 Å². The van der Waals surface area contributed by atoms with Crippen LogP contribution in [0.1, 0.15) is 77.6 Å². The minimum Gasteiger partial charge on any atom is -0.455 e. The number of carbonyl (C=O) groups is 2. The van der Waals surface area contributed by atoms with Crippen LogP contribution < -0.4 is 0 Å². The first-order valence-electron chi connectivity index (χ1n) is 14.5. The number of hydrogen-bond acceptors (Lipinski definition) is 7. The summed E-state index contributed by atoms with van der Waals surface area (Å²) >= 11 is 0. The lowest BCUT2D eigenvalue weighted by Gasteiger charge is -2.54. The van der Waals surface area contributed by atoms with Gasteiger partial charge in [-0.2, -0.15) is 0 Å². The van der Waals surface area contributed by atoms with Gasteiger partial charge in [-0.25, -0.2) is 4.79 Å². The average molecular weight is 573 g/mol. The Balaban J connectivity index is 1.92. The van der Waals surface area contributed by atoms with E-state index in [1.165, 1.54) is 0 Å². The standard InChI is InChI=1S/C32H48O7Si/c1-19-15-16-22(39-40(8,9)29(2,3)4)31(7)23(19)25(38-28(36)20-13-11-10-12-14-20)27(35)32(37)18-17-21(30(32,5)6)24(33)26(31)34/h10-14,21-25,27,33,35,37H,1,15-18H2,2-9H3/t21?,22-,23-,24+,25-,27-,31+,32+/m0/s1. The highest BCUT2D eigenvalue weighted by atomic mass is 28.4. The van der Waals surface area contributed by atoms with Gasteiger partial charge in [-0.05, 0) is 62.9 Å². The summed E-state index contributed by atoms with van der Waals surface area (Å²) in [5, 5.41) is 35.8. The highest BCUT2D eigenvalue weighted by Gasteiger charge is 2.69. The fourth-order valence-corrected chi connectivity index (χ4v) is 8.74. The predicted molar refractivity (Wildman–Crippen MR) is 156 cm³/mol. The molecule has 0 spiro atoms. The fourth-order valence-electron chi connectivity index (χ4n) is 7.31. The summed E-state index contributed by atoms with van der Waals surface area (Å²) in [7, 11) is -2.40. The van der Waals surface area contributed by atoms with Crippen LogP contribution in [-0.2, 0) is 14.0 Å². The lowest BCUT2D eigenvalue weighted by molar-refractivity contribution is -0.191. The molecule has 2 bridgehead atoms. The van der Waals surface area contributed by atoms with Crippen LogP contribution in [0.2, 0.25) is 18.1 Å². The van der Waals surface area contributed by atoms with Crippen molar-refractivity contribution in [3.63, 3.8) is 0 Å². The number of Topliss-reactive ketones (excluding diaryl/α,β-unsaturated/α-hetero) is 1. The van der Waals surface area contributed by atoms with Crippen LogP contribution in [0.4, 0.5) is 0 Å². The zero-order valence-corrected chi connectivity index (χ0v) is 26.4. The maximum absolute atomic E-state index is 14.6. The van der Waals surface area contributed by atoms with Crippen molar-refractivity contribution in [3.05, 3.63) is 48.0 Å². The maximum atomic E-state index is 14.6. The zero-order valence-electron chi connectivity index (χ0n) is 25.4. The summed E-state index contributed by atoms with van der Waals surface area (Å²) in [4.78, 5) is 28.1. The molecule has 222 valence electrons. The lowest BCUT2D eigenvalue weighted by atomic mass is 9.57. The van der Waals surface area contributed by atoms with Crippen LogP contribution in [0.15, 0.2) is 42.5 Å². The summed E-state index contributed by atoms with van der Waals surface area (Å²) in [6.07, 6.45) is -3.25. The molecule has 8 heteroatoms. The van der Waals surface area contributed by atoms with Crippen molar-refractivity contribution in [2.45, 2.75) is 115 Å². The van der Waals surface area contributed by atoms with E-state index in [0.29, 0.717) is 30.4 Å². The van der Waals surface area contributed by atoms with Gasteiger partial charge in [0.2, 0.25) is 0 Å². The minimum absolute atomic E-state index is 0.137. The van der Waals surface area contributed by atoms with E-state index in [9.17, 15) is 24.9 Å². The Morgan fingerprint density at radius 2 is 1.68 bits per heavy atom. The van der Waals surface area contributed by atoms with Crippen LogP contribution in [0.3, 0.4) is 0 Å². The van der Waals surface area contributed by atoms with Crippen LogP contribution in [0.5, 0.6) is 0 Å². The first-order chi connectivity index (χ1) is 18.3. The van der Waals surface area contributed by atoms with E-state index in [0.717, 1.165) is 0 Å². The highest BCUT2D eigenvalue weighted by molar-refractivity contribution is 6.74. The number of rotatable bonds is 4. The Morgan fingerprint density at radius 1 is 1.07 bits per heavy atom. The Hall–Kier alpha value is -1.84. The molecule has 3 N–H and O–H groups in total. The normalized spacial score (nSPS) is 38.2. The van der Waals surface area contributed by atoms with Gasteiger partial charge in [0.1, 0.15) is 18.3 Å². The number of benzene rings is 1. The molecule has 0 aromatic heterocycles. The van der Waals surface area contributed by atoms with Gasteiger partial charge in [-0.15, -0.1) is 0 Å². The lowest BCUT2D eigenvalue weighted by Crippen LogP contribution is -2.63. The van der Waals surface area contributed by atoms with Crippen molar-refractivity contribution in [3.8, 4) is 0 Å². The van der Waals surface area contributed by atoms with Gasteiger partial charge in [0.25, 0.3) is 0 Å². The Kier molecular flexibility index (Phi) is 7.90. The second kappa shape index (κ2) is 10.2. The molecule has 1 aromatic rings. The van der Waals surface area contributed by atoms with Crippen molar-refractivity contribution in [1.82, 2.24) is 0 Å². The molecule has 40 heavy (non-hydrogen) atoms. The monoisotopic (exact) mass is 572 g/mol. The molecule has 0 radical (unpaired) electrons. The number of ketones is 1. The molecule has 0 saturated heterocycles. The van der Waals surface area contributed by atoms with Crippen molar-refractivity contribution in [2.75, 3.05) is 0 Å². The SMILES string of the molecule is C=C1CC[C@H](O[Si](C)(C)C(C)(C)C)[C@@]2(C)C(=O)[C@H](O)C3CC[C@@](O)([C@@H](O)[C@@H](OC(=O)c4ccccc4)[C@H]12)C3(C)C. The smallest absolute Gasteiger partial charge is 0.338 e. The van der Waals surface area contributed by atoms with E-state index in [4.69, 9.17) is 9.16 Å². The molecule has 0 heterocycles. The van der Waals surface area contributed by atoms with Gasteiger partial charge in [0.15, 0.2) is 14.1 Å². The number of ether oxygens (including phenoxy) is 1. The molecule has 3 aliphatic rings. The Labute approximate surface area is 240 Å². The molecule has 3 fully saturated rings. The number of carbonyl (C=O) groups excluding carboxylic acids is 2. The Morgan fingerprint density at radius 3 is 2.25 bits per heavy atom. The molecule has 1 aromatic carbocycles. The molecular formula is C32H48O7Si. The molecular weight excluding hydrogens is 524 g/mol. The van der Waals surface area contributed by atoms with Crippen LogP contribution in [0, 0.1) is 22.7 Å². The number of hydrogen-bond donors (Lipinski definition) is 3. The van der Waals surface area contributed by atoms with E-state index < -0.39 is 72.8 Å². The molecule has 0 aliphatic heterocycles. The van der Waals surface area contributed by atoms with Crippen molar-refractivity contribution in [1.29, 1.82) is 0 Å². The number of aliphatic hydroxyl groups excluding tert-OH is 2. The first kappa shape index (κ1) is 31.1. The third-order valence-corrected chi connectivity index (χ3v) is 15.7. The van der Waals surface area contributed by atoms with E-state index in [-0.39, 0.29) is 11.5 Å². The van der Waals surface area contributed by atoms with Gasteiger partial charge >= 0.3 is 5.97 Å². The van der Waals surface area contributed by atoms with Gasteiger partial charge in [-0.3, -0.25) is 4.79 Å². The van der Waals surface area contributed by atoms with Crippen LogP contribution >= 0.6 is 0 Å². The van der Waals surface area contributed by atoms with Crippen molar-refractivity contribution < 1.29 is 34.1 Å². The molecule has 0 amide bonds. The second-order valence-corrected chi connectivity index (χ2v) is 19.4. The summed E-state index contributed by atoms with van der Waals surface area (Å²) < 4.78 is 13.1. The fraction of sp³-hybridized carbons (Fsp3) is 0.688. The molecule has 8 atom stereocenters. The van der Waals surface area contributed by atoms with Crippen molar-refractivity contribution >= 4 is 20.1 Å². The quantitative estimate of drug-likeness (QED) is 0.263. The number of aliphatic hydroxyl groups is 3. The summed E-state index contributed by atoms with van der Waals surface area (Å²) in [6.45, 7) is 20.3. The van der Waals surface area contributed by atoms with E-state index in [1.807, 2.05) is 0 Å². The third kappa shape index (κ3) is 4.64. The first-order valence-corrected chi connectivity index (χ1v) is 17.5. The maximum Gasteiger partial charge on any atom is 0.338 e. The van der Waals surface area contributed by atoms with Crippen LogP contribution in [0.25, 0.3) is 0 Å². The van der Waals surface area contributed by atoms with Gasteiger partial charge in [0.05, 0.1) is 22.7 Å². The summed E-state index contributed by atoms with van der Waals surface area (Å²) in [5.41, 5.74) is -3.17. The van der Waals surface area contributed by atoms with E-state index >= 15 is 0 Å². The number of esters is 1. The third-order valence-electron chi connectivity index (χ3n) is 11.2. The van der Waals surface area contributed by atoms with Crippen LogP contribution in [-0.4, -0.2) is 65.4 Å². The molecule has 1 unspecified atom stereocenters. The largest absolute Gasteiger partial charge is 0.455 e. The molecule has 3 saturated carbocycles. The van der Waals surface area contributed by atoms with E-state index in [2.05, 4.69) is 40.4 Å². The topological polar surface area (TPSA) is 113 Å². The number of fused-ring (bicyclic) bond motifs is 3. The highest BCUT2D eigenvalue weighted by Crippen LogP contribution is 2.60. The predicted octanol–water partition coefficient (Wildman–Crippen LogP) is 5.05. The zero-order chi connectivity index (χ0) is 30.1. The molecule has 4 rings (SSSR count). The molecule has 7 nitrogen and oxygen atoms in total. The Bertz CT molecular complexity index is 1160. The van der Waals surface area contributed by atoms with Gasteiger partial charge < -0.3 is 24.5 Å².